The van der Waals surface area contributed by atoms with Gasteiger partial charge < -0.3 is 35.5 Å². The zero-order valence-electron chi connectivity index (χ0n) is 36.4. The number of rotatable bonds is 14. The summed E-state index contributed by atoms with van der Waals surface area (Å²) in [6.45, 7) is 5.26. The highest BCUT2D eigenvalue weighted by Crippen LogP contribution is 2.40. The lowest BCUT2D eigenvalue weighted by molar-refractivity contribution is 0.0845. The zero-order valence-corrected chi connectivity index (χ0v) is 36.4. The molecule has 3 aromatic carbocycles. The summed E-state index contributed by atoms with van der Waals surface area (Å²) >= 11 is 0. The van der Waals surface area contributed by atoms with E-state index in [1.165, 1.54) is 24.3 Å². The quantitative estimate of drug-likeness (QED) is 0.0561. The van der Waals surface area contributed by atoms with E-state index in [0.717, 1.165) is 80.8 Å². The van der Waals surface area contributed by atoms with Gasteiger partial charge in [-0.15, -0.1) is 0 Å². The molecule has 17 nitrogen and oxygen atoms in total. The predicted octanol–water partition coefficient (Wildman–Crippen LogP) is 9.62. The maximum atomic E-state index is 14.2. The third-order valence-corrected chi connectivity index (χ3v) is 11.7. The SMILES string of the molecule is CC(Nc1nc(Nc2cc(-c3ccc4c(c3)OCO4)[nH]n2)nc(C2CC2)n1)c1ccc(F)cc1F.CC(Nc1nc(Nc2cc(C3CCOCC3)[nH]n2)nc(C2CC2)n1)c1ccc(F)cc1F. The van der Waals surface area contributed by atoms with Gasteiger partial charge in [0.15, 0.2) is 23.1 Å². The van der Waals surface area contributed by atoms with Crippen molar-refractivity contribution in [2.75, 3.05) is 41.3 Å². The number of aromatic amines is 2. The molecule has 6 N–H and O–H groups in total. The van der Waals surface area contributed by atoms with Gasteiger partial charge in [0, 0.05) is 77.6 Å². The molecule has 6 heterocycles. The molecule has 2 atom stereocenters. The van der Waals surface area contributed by atoms with Crippen molar-refractivity contribution in [3.63, 3.8) is 0 Å². The average molecular weight is 919 g/mol. The van der Waals surface area contributed by atoms with Gasteiger partial charge in [0.2, 0.25) is 30.6 Å². The number of nitrogens with zero attached hydrogens (tertiary/aromatic N) is 8. The molecule has 346 valence electrons. The van der Waals surface area contributed by atoms with Gasteiger partial charge in [0.05, 0.1) is 17.8 Å². The number of anilines is 6. The molecule has 0 amide bonds. The number of hydrogen-bond donors (Lipinski definition) is 6. The smallest absolute Gasteiger partial charge is 0.233 e. The van der Waals surface area contributed by atoms with Crippen LogP contribution < -0.4 is 30.7 Å². The number of hydrogen-bond acceptors (Lipinski definition) is 15. The highest BCUT2D eigenvalue weighted by atomic mass is 19.1. The van der Waals surface area contributed by atoms with Crippen LogP contribution in [0.3, 0.4) is 0 Å². The Morgan fingerprint density at radius 3 is 1.66 bits per heavy atom. The monoisotopic (exact) mass is 918 g/mol. The first-order chi connectivity index (χ1) is 32.6. The molecular formula is C46H46F4N14O3. The molecule has 0 radical (unpaired) electrons. The van der Waals surface area contributed by atoms with Crippen LogP contribution in [-0.4, -0.2) is 70.3 Å². The summed E-state index contributed by atoms with van der Waals surface area (Å²) < 4.78 is 71.2. The van der Waals surface area contributed by atoms with Crippen molar-refractivity contribution < 1.29 is 31.8 Å². The molecule has 7 aromatic rings. The lowest BCUT2D eigenvalue weighted by Crippen LogP contribution is -2.14. The maximum absolute atomic E-state index is 14.2. The fourth-order valence-corrected chi connectivity index (χ4v) is 7.77. The second-order valence-corrected chi connectivity index (χ2v) is 16.9. The standard InChI is InChI=1S/C24H21F2N7O2.C22H25F2N7O/c1-12(16-6-5-15(25)9-17(16)26)27-23-29-22(13-2-3-13)30-24(31-23)28-21-10-18(32-33-21)14-4-7-19-20(8-14)35-11-34-19;1-12(16-5-4-15(23)10-17(16)24)25-21-27-20(14-2-3-14)28-22(29-21)26-19-11-18(30-31-19)13-6-8-32-9-7-13/h4-10,12-13H,2-3,11H2,1H3,(H3,27,28,29,30,31,32,33);4-5,10-14H,2-3,6-9H2,1H3,(H3,25,26,27,28,29,30,31). The fraction of sp³-hybridized carbons (Fsp3) is 0.348. The highest BCUT2D eigenvalue weighted by Gasteiger charge is 2.30. The number of ether oxygens (including phenoxy) is 3. The van der Waals surface area contributed by atoms with Crippen molar-refractivity contribution in [3.8, 4) is 22.8 Å². The minimum absolute atomic E-state index is 0.208. The molecule has 11 rings (SSSR count). The maximum Gasteiger partial charge on any atom is 0.233 e. The van der Waals surface area contributed by atoms with Crippen LogP contribution in [-0.2, 0) is 4.74 Å². The normalized spacial score (nSPS) is 16.4. The van der Waals surface area contributed by atoms with Gasteiger partial charge >= 0.3 is 0 Å². The summed E-state index contributed by atoms with van der Waals surface area (Å²) in [6.07, 6.45) is 5.99. The van der Waals surface area contributed by atoms with Gasteiger partial charge in [-0.05, 0) is 82.7 Å². The number of benzene rings is 3. The topological polar surface area (TPSA) is 211 Å². The summed E-state index contributed by atoms with van der Waals surface area (Å²) in [7, 11) is 0. The molecule has 2 aliphatic heterocycles. The fourth-order valence-electron chi connectivity index (χ4n) is 7.77. The Labute approximate surface area is 381 Å². The first-order valence-corrected chi connectivity index (χ1v) is 22.1. The van der Waals surface area contributed by atoms with Crippen LogP contribution >= 0.6 is 0 Å². The summed E-state index contributed by atoms with van der Waals surface area (Å²) in [4.78, 5) is 27.0. The molecule has 67 heavy (non-hydrogen) atoms. The summed E-state index contributed by atoms with van der Waals surface area (Å²) in [5, 5.41) is 27.3. The summed E-state index contributed by atoms with van der Waals surface area (Å²) in [5.41, 5.74) is 3.38. The van der Waals surface area contributed by atoms with E-state index in [0.29, 0.717) is 81.5 Å². The predicted molar refractivity (Wildman–Crippen MR) is 238 cm³/mol. The Bertz CT molecular complexity index is 2890. The van der Waals surface area contributed by atoms with Gasteiger partial charge in [-0.2, -0.15) is 40.1 Å². The first kappa shape index (κ1) is 43.5. The van der Waals surface area contributed by atoms with E-state index in [9.17, 15) is 17.6 Å². The average Bonchev–Trinajstić information content (AvgIpc) is 4.20. The Morgan fingerprint density at radius 2 is 1.09 bits per heavy atom. The Kier molecular flexibility index (Phi) is 12.2. The number of H-pyrrole nitrogens is 2. The molecule has 21 heteroatoms. The van der Waals surface area contributed by atoms with Crippen LogP contribution in [0, 0.1) is 23.3 Å². The first-order valence-electron chi connectivity index (χ1n) is 22.1. The molecule has 0 bridgehead atoms. The molecule has 4 aromatic heterocycles. The molecule has 3 fully saturated rings. The molecule has 4 aliphatic rings. The number of nitrogens with one attached hydrogen (secondary N) is 6. The Hall–Kier alpha value is -7.42. The van der Waals surface area contributed by atoms with Crippen molar-refractivity contribution in [2.24, 2.45) is 0 Å². The second kappa shape index (κ2) is 18.8. The molecule has 2 unspecified atom stereocenters. The minimum atomic E-state index is -0.632. The van der Waals surface area contributed by atoms with Crippen LogP contribution in [0.25, 0.3) is 11.3 Å². The van der Waals surface area contributed by atoms with Crippen molar-refractivity contribution in [1.82, 2.24) is 50.3 Å². The van der Waals surface area contributed by atoms with Crippen molar-refractivity contribution in [2.45, 2.75) is 82.2 Å². The number of fused-ring (bicyclic) bond motifs is 1. The van der Waals surface area contributed by atoms with Crippen LogP contribution in [0.2, 0.25) is 0 Å². The number of halogens is 4. The van der Waals surface area contributed by atoms with E-state index in [4.69, 9.17) is 14.2 Å². The van der Waals surface area contributed by atoms with Gasteiger partial charge in [0.1, 0.15) is 34.9 Å². The molecule has 1 saturated heterocycles. The molecule has 2 aliphatic carbocycles. The van der Waals surface area contributed by atoms with Crippen LogP contribution in [0.1, 0.15) is 111 Å². The Morgan fingerprint density at radius 1 is 0.552 bits per heavy atom. The van der Waals surface area contributed by atoms with E-state index in [2.05, 4.69) is 71.6 Å². The van der Waals surface area contributed by atoms with Gasteiger partial charge in [0.25, 0.3) is 0 Å². The van der Waals surface area contributed by atoms with Crippen molar-refractivity contribution in [3.05, 3.63) is 118 Å². The van der Waals surface area contributed by atoms with E-state index in [1.54, 1.807) is 13.8 Å². The van der Waals surface area contributed by atoms with Gasteiger partial charge in [-0.3, -0.25) is 10.2 Å². The summed E-state index contributed by atoms with van der Waals surface area (Å²) in [5.74, 6) is 3.70. The molecular weight excluding hydrogens is 873 g/mol. The molecule has 0 spiro atoms. The number of aromatic nitrogens is 10. The second-order valence-electron chi connectivity index (χ2n) is 16.9. The van der Waals surface area contributed by atoms with E-state index >= 15 is 0 Å². The molecule has 2 saturated carbocycles. The van der Waals surface area contributed by atoms with Crippen LogP contribution in [0.15, 0.2) is 66.7 Å². The minimum Gasteiger partial charge on any atom is -0.454 e. The van der Waals surface area contributed by atoms with E-state index < -0.39 is 35.4 Å². The third kappa shape index (κ3) is 10.5. The van der Waals surface area contributed by atoms with Crippen LogP contribution in [0.4, 0.5) is 53.0 Å². The van der Waals surface area contributed by atoms with Crippen molar-refractivity contribution >= 4 is 35.4 Å². The largest absolute Gasteiger partial charge is 0.454 e. The van der Waals surface area contributed by atoms with Crippen LogP contribution in [0.5, 0.6) is 11.5 Å². The Balaban J connectivity index is 0.000000157. The lowest BCUT2D eigenvalue weighted by Gasteiger charge is -2.20. The van der Waals surface area contributed by atoms with Gasteiger partial charge in [-0.1, -0.05) is 12.1 Å². The van der Waals surface area contributed by atoms with E-state index in [-0.39, 0.29) is 12.7 Å². The van der Waals surface area contributed by atoms with E-state index in [1.807, 2.05) is 30.3 Å². The third-order valence-electron chi connectivity index (χ3n) is 11.7. The van der Waals surface area contributed by atoms with Gasteiger partial charge in [-0.25, -0.2) is 17.6 Å². The zero-order chi connectivity index (χ0) is 46.0. The summed E-state index contributed by atoms with van der Waals surface area (Å²) in [6, 6.07) is 15.5. The lowest BCUT2D eigenvalue weighted by atomic mass is 9.97. The van der Waals surface area contributed by atoms with Crippen molar-refractivity contribution in [1.29, 1.82) is 0 Å². The highest BCUT2D eigenvalue weighted by molar-refractivity contribution is 5.68.